The third-order valence-corrected chi connectivity index (χ3v) is 7.66. The molecule has 1 aliphatic rings. The number of ether oxygens (including phenoxy) is 1. The van der Waals surface area contributed by atoms with Gasteiger partial charge in [0.2, 0.25) is 0 Å². The van der Waals surface area contributed by atoms with Crippen molar-refractivity contribution in [3.05, 3.63) is 131 Å². The number of hydrogen-bond acceptors (Lipinski definition) is 4. The van der Waals surface area contributed by atoms with Crippen LogP contribution in [0, 0.1) is 6.92 Å². The molecule has 0 aliphatic carbocycles. The van der Waals surface area contributed by atoms with Gasteiger partial charge in [-0.1, -0.05) is 78.4 Å². The SMILES string of the molecule is CCOc1ccc(-n2c(-c3ccccc3)cc(/C=C3/SC(=Nc4ccc(C)cc4)NC3=O)c2-c2ccccc2)cc1. The van der Waals surface area contributed by atoms with Crippen molar-refractivity contribution in [1.82, 2.24) is 9.88 Å². The number of nitrogens with zero attached hydrogens (tertiary/aromatic N) is 2. The number of amides is 1. The Morgan fingerprint density at radius 3 is 2.17 bits per heavy atom. The first-order chi connectivity index (χ1) is 20.1. The van der Waals surface area contributed by atoms with E-state index in [9.17, 15) is 4.79 Å². The molecule has 0 unspecified atom stereocenters. The maximum Gasteiger partial charge on any atom is 0.264 e. The van der Waals surface area contributed by atoms with Crippen LogP contribution in [-0.4, -0.2) is 22.2 Å². The largest absolute Gasteiger partial charge is 0.494 e. The van der Waals surface area contributed by atoms with E-state index in [0.717, 1.165) is 50.8 Å². The van der Waals surface area contributed by atoms with Gasteiger partial charge in [-0.2, -0.15) is 0 Å². The lowest BCUT2D eigenvalue weighted by atomic mass is 10.1. The molecule has 1 amide bonds. The summed E-state index contributed by atoms with van der Waals surface area (Å²) in [5.74, 6) is 0.669. The van der Waals surface area contributed by atoms with Crippen molar-refractivity contribution in [1.29, 1.82) is 0 Å². The Kier molecular flexibility index (Phi) is 7.56. The quantitative estimate of drug-likeness (QED) is 0.205. The highest BCUT2D eigenvalue weighted by molar-refractivity contribution is 8.18. The van der Waals surface area contributed by atoms with Crippen LogP contribution in [0.5, 0.6) is 5.75 Å². The second-order valence-corrected chi connectivity index (χ2v) is 10.7. The molecule has 1 N–H and O–H groups in total. The molecule has 6 heteroatoms. The molecular weight excluding hydrogens is 526 g/mol. The van der Waals surface area contributed by atoms with Crippen molar-refractivity contribution in [3.8, 4) is 34.0 Å². The highest BCUT2D eigenvalue weighted by atomic mass is 32.2. The van der Waals surface area contributed by atoms with E-state index < -0.39 is 0 Å². The van der Waals surface area contributed by atoms with Crippen LogP contribution < -0.4 is 10.1 Å². The number of aromatic nitrogens is 1. The normalized spacial score (nSPS) is 14.9. The molecule has 0 spiro atoms. The van der Waals surface area contributed by atoms with E-state index >= 15 is 0 Å². The van der Waals surface area contributed by atoms with Crippen molar-refractivity contribution in [2.75, 3.05) is 6.61 Å². The fraction of sp³-hybridized carbons (Fsp3) is 0.0857. The first kappa shape index (κ1) is 26.4. The van der Waals surface area contributed by atoms with Crippen LogP contribution >= 0.6 is 11.8 Å². The van der Waals surface area contributed by atoms with E-state index in [0.29, 0.717) is 16.7 Å². The molecule has 5 nitrogen and oxygen atoms in total. The van der Waals surface area contributed by atoms with Crippen molar-refractivity contribution in [2.45, 2.75) is 13.8 Å². The van der Waals surface area contributed by atoms with Gasteiger partial charge in [-0.3, -0.25) is 4.79 Å². The summed E-state index contributed by atoms with van der Waals surface area (Å²) in [5.41, 5.74) is 8.06. The van der Waals surface area contributed by atoms with Gasteiger partial charge >= 0.3 is 0 Å². The minimum atomic E-state index is -0.157. The minimum Gasteiger partial charge on any atom is -0.494 e. The number of benzene rings is 4. The number of carbonyl (C=O) groups excluding carboxylic acids is 1. The summed E-state index contributed by atoms with van der Waals surface area (Å²) >= 11 is 1.36. The molecule has 1 aliphatic heterocycles. The third kappa shape index (κ3) is 5.74. The minimum absolute atomic E-state index is 0.157. The molecule has 41 heavy (non-hydrogen) atoms. The first-order valence-electron chi connectivity index (χ1n) is 13.5. The Labute approximate surface area is 244 Å². The molecule has 1 fully saturated rings. The lowest BCUT2D eigenvalue weighted by molar-refractivity contribution is -0.115. The summed E-state index contributed by atoms with van der Waals surface area (Å²) < 4.78 is 7.97. The Morgan fingerprint density at radius 1 is 0.854 bits per heavy atom. The number of hydrogen-bond donors (Lipinski definition) is 1. The standard InChI is InChI=1S/C35H29N3O2S/c1-3-40-30-20-18-29(19-21-30)38-31(25-10-6-4-7-11-25)22-27(33(38)26-12-8-5-9-13-26)23-32-34(39)37-35(41-32)36-28-16-14-24(2)15-17-28/h4-23H,3H2,1-2H3,(H,36,37,39)/b32-23+. The molecule has 1 saturated heterocycles. The van der Waals surface area contributed by atoms with Crippen molar-refractivity contribution in [3.63, 3.8) is 0 Å². The zero-order valence-electron chi connectivity index (χ0n) is 22.9. The number of amidine groups is 1. The molecule has 4 aromatic carbocycles. The fourth-order valence-electron chi connectivity index (χ4n) is 4.84. The van der Waals surface area contributed by atoms with Gasteiger partial charge in [-0.25, -0.2) is 4.99 Å². The lowest BCUT2D eigenvalue weighted by Crippen LogP contribution is -2.19. The number of aliphatic imine (C=N–C) groups is 1. The summed E-state index contributed by atoms with van der Waals surface area (Å²) in [7, 11) is 0. The van der Waals surface area contributed by atoms with Crippen LogP contribution in [0.4, 0.5) is 5.69 Å². The third-order valence-electron chi connectivity index (χ3n) is 6.75. The van der Waals surface area contributed by atoms with E-state index in [1.165, 1.54) is 11.8 Å². The summed E-state index contributed by atoms with van der Waals surface area (Å²) in [6, 6.07) is 38.8. The van der Waals surface area contributed by atoms with Gasteiger partial charge in [0, 0.05) is 11.3 Å². The zero-order valence-corrected chi connectivity index (χ0v) is 23.7. The van der Waals surface area contributed by atoms with E-state index in [2.05, 4.69) is 57.3 Å². The van der Waals surface area contributed by atoms with Crippen molar-refractivity contribution in [2.24, 2.45) is 4.99 Å². The van der Waals surface area contributed by atoms with Gasteiger partial charge in [0.1, 0.15) is 5.75 Å². The molecule has 202 valence electrons. The van der Waals surface area contributed by atoms with Gasteiger partial charge in [0.15, 0.2) is 5.17 Å². The highest BCUT2D eigenvalue weighted by Crippen LogP contribution is 2.39. The molecule has 0 bridgehead atoms. The maximum absolute atomic E-state index is 13.1. The van der Waals surface area contributed by atoms with E-state index in [1.807, 2.05) is 92.7 Å². The summed E-state index contributed by atoms with van der Waals surface area (Å²) in [6.07, 6.45) is 1.97. The lowest BCUT2D eigenvalue weighted by Gasteiger charge is -2.16. The number of nitrogens with one attached hydrogen (secondary N) is 1. The highest BCUT2D eigenvalue weighted by Gasteiger charge is 2.26. The zero-order chi connectivity index (χ0) is 28.2. The Bertz CT molecular complexity index is 1740. The maximum atomic E-state index is 13.1. The number of rotatable bonds is 7. The molecule has 0 saturated carbocycles. The second kappa shape index (κ2) is 11.7. The summed E-state index contributed by atoms with van der Waals surface area (Å²) in [5, 5.41) is 3.50. The van der Waals surface area contributed by atoms with Gasteiger partial charge < -0.3 is 14.6 Å². The smallest absolute Gasteiger partial charge is 0.264 e. The van der Waals surface area contributed by atoms with Crippen LogP contribution in [0.3, 0.4) is 0 Å². The molecular formula is C35H29N3O2S. The van der Waals surface area contributed by atoms with Gasteiger partial charge in [0.25, 0.3) is 5.91 Å². The topological polar surface area (TPSA) is 55.6 Å². The predicted octanol–water partition coefficient (Wildman–Crippen LogP) is 8.41. The molecule has 2 heterocycles. The van der Waals surface area contributed by atoms with Crippen molar-refractivity contribution < 1.29 is 9.53 Å². The number of carbonyl (C=O) groups is 1. The number of aryl methyl sites for hydroxylation is 1. The van der Waals surface area contributed by atoms with Crippen LogP contribution in [0.2, 0.25) is 0 Å². The Morgan fingerprint density at radius 2 is 1.51 bits per heavy atom. The number of thioether (sulfide) groups is 1. The predicted molar refractivity (Wildman–Crippen MR) is 170 cm³/mol. The van der Waals surface area contributed by atoms with E-state index in [1.54, 1.807) is 0 Å². The second-order valence-electron chi connectivity index (χ2n) is 9.65. The molecule has 6 rings (SSSR count). The fourth-order valence-corrected chi connectivity index (χ4v) is 5.67. The van der Waals surface area contributed by atoms with Gasteiger partial charge in [0.05, 0.1) is 28.6 Å². The molecule has 0 atom stereocenters. The van der Waals surface area contributed by atoms with E-state index in [4.69, 9.17) is 4.74 Å². The summed E-state index contributed by atoms with van der Waals surface area (Å²) in [4.78, 5) is 18.4. The van der Waals surface area contributed by atoms with Crippen LogP contribution in [0.1, 0.15) is 18.1 Å². The Hall–Kier alpha value is -4.81. The van der Waals surface area contributed by atoms with Gasteiger partial charge in [-0.05, 0) is 85.3 Å². The molecule has 5 aromatic rings. The van der Waals surface area contributed by atoms with Crippen LogP contribution in [-0.2, 0) is 4.79 Å². The first-order valence-corrected chi connectivity index (χ1v) is 14.4. The molecule has 0 radical (unpaired) electrons. The molecule has 1 aromatic heterocycles. The average Bonchev–Trinajstić information content (AvgIpc) is 3.55. The monoisotopic (exact) mass is 555 g/mol. The van der Waals surface area contributed by atoms with E-state index in [-0.39, 0.29) is 5.91 Å². The summed E-state index contributed by atoms with van der Waals surface area (Å²) in [6.45, 7) is 4.63. The van der Waals surface area contributed by atoms with Gasteiger partial charge in [-0.15, -0.1) is 0 Å². The Balaban J connectivity index is 1.50. The van der Waals surface area contributed by atoms with Crippen molar-refractivity contribution >= 4 is 34.6 Å². The average molecular weight is 556 g/mol. The van der Waals surface area contributed by atoms with Crippen LogP contribution in [0.15, 0.2) is 125 Å². The van der Waals surface area contributed by atoms with Crippen LogP contribution in [0.25, 0.3) is 34.3 Å².